The maximum Gasteiger partial charge on any atom is 0.241 e. The summed E-state index contributed by atoms with van der Waals surface area (Å²) in [6, 6.07) is 3.85. The highest BCUT2D eigenvalue weighted by atomic mass is 32.2. The van der Waals surface area contributed by atoms with Gasteiger partial charge in [-0.1, -0.05) is 31.4 Å². The average molecular weight is 427 g/mol. The fourth-order valence-electron chi connectivity index (χ4n) is 3.69. The van der Waals surface area contributed by atoms with Crippen LogP contribution in [0.15, 0.2) is 41.3 Å². The molecular formula is C20H27FN2O5S. The molecule has 1 saturated carbocycles. The molecule has 1 amide bonds. The van der Waals surface area contributed by atoms with Gasteiger partial charge in [0.05, 0.1) is 30.1 Å². The summed E-state index contributed by atoms with van der Waals surface area (Å²) in [6.45, 7) is -0.415. The van der Waals surface area contributed by atoms with Crippen LogP contribution in [0.3, 0.4) is 0 Å². The molecule has 0 bridgehead atoms. The van der Waals surface area contributed by atoms with Crippen molar-refractivity contribution in [1.82, 2.24) is 10.0 Å². The summed E-state index contributed by atoms with van der Waals surface area (Å²) in [5.41, 5.74) is 0. The van der Waals surface area contributed by atoms with Crippen LogP contribution >= 0.6 is 0 Å². The molecule has 3 N–H and O–H groups in total. The maximum absolute atomic E-state index is 13.0. The molecule has 2 aliphatic rings. The molecule has 1 aliphatic carbocycles. The van der Waals surface area contributed by atoms with E-state index in [0.717, 1.165) is 49.9 Å². The lowest BCUT2D eigenvalue weighted by Gasteiger charge is -2.32. The molecule has 3 atom stereocenters. The van der Waals surface area contributed by atoms with Crippen molar-refractivity contribution in [3.8, 4) is 0 Å². The number of hydrogen-bond donors (Lipinski definition) is 3. The molecule has 1 aromatic rings. The molecule has 3 rings (SSSR count). The molecule has 0 radical (unpaired) electrons. The number of carbonyl (C=O) groups excluding carboxylic acids is 1. The van der Waals surface area contributed by atoms with E-state index in [-0.39, 0.29) is 23.3 Å². The molecule has 1 aromatic carbocycles. The second-order valence-corrected chi connectivity index (χ2v) is 9.20. The molecule has 0 unspecified atom stereocenters. The van der Waals surface area contributed by atoms with Gasteiger partial charge in [0.2, 0.25) is 15.9 Å². The lowest BCUT2D eigenvalue weighted by Crippen LogP contribution is -2.49. The van der Waals surface area contributed by atoms with E-state index in [0.29, 0.717) is 0 Å². The lowest BCUT2D eigenvalue weighted by molar-refractivity contribution is -0.126. The van der Waals surface area contributed by atoms with Crippen LogP contribution in [0, 0.1) is 5.82 Å². The van der Waals surface area contributed by atoms with Gasteiger partial charge in [0, 0.05) is 6.04 Å². The van der Waals surface area contributed by atoms with Crippen molar-refractivity contribution < 1.29 is 27.4 Å². The number of carbonyl (C=O) groups is 1. The van der Waals surface area contributed by atoms with Gasteiger partial charge < -0.3 is 15.2 Å². The largest absolute Gasteiger partial charge is 0.394 e. The van der Waals surface area contributed by atoms with Gasteiger partial charge in [0.25, 0.3) is 0 Å². The van der Waals surface area contributed by atoms with Crippen LogP contribution in [-0.2, 0) is 19.6 Å². The minimum absolute atomic E-state index is 0.0852. The van der Waals surface area contributed by atoms with Gasteiger partial charge in [0.1, 0.15) is 11.9 Å². The van der Waals surface area contributed by atoms with Crippen LogP contribution in [-0.4, -0.2) is 50.3 Å². The van der Waals surface area contributed by atoms with Gasteiger partial charge in [-0.05, 0) is 37.1 Å². The Balaban J connectivity index is 1.59. The van der Waals surface area contributed by atoms with Crippen LogP contribution in [0.2, 0.25) is 0 Å². The first-order valence-corrected chi connectivity index (χ1v) is 11.4. The Hall–Kier alpha value is -1.81. The predicted octanol–water partition coefficient (Wildman–Crippen LogP) is 1.63. The molecular weight excluding hydrogens is 399 g/mol. The fourth-order valence-corrected chi connectivity index (χ4v) is 4.91. The molecule has 9 heteroatoms. The quantitative estimate of drug-likeness (QED) is 0.575. The van der Waals surface area contributed by atoms with Gasteiger partial charge in [0.15, 0.2) is 0 Å². The molecule has 0 saturated heterocycles. The van der Waals surface area contributed by atoms with Crippen molar-refractivity contribution in [2.45, 2.75) is 67.7 Å². The summed E-state index contributed by atoms with van der Waals surface area (Å²) < 4.78 is 46.2. The number of halogens is 1. The number of rotatable bonds is 7. The molecule has 29 heavy (non-hydrogen) atoms. The second kappa shape index (κ2) is 9.80. The highest BCUT2D eigenvalue weighted by molar-refractivity contribution is 7.89. The Labute approximate surface area is 170 Å². The van der Waals surface area contributed by atoms with Crippen LogP contribution in [0.5, 0.6) is 0 Å². The SMILES string of the molecule is O=C(C[C@@H]1C=C[C@@H](NS(=O)(=O)c2ccc(F)cc2)[C@@H](CO)O1)NC1CCCCC1. The summed E-state index contributed by atoms with van der Waals surface area (Å²) in [4.78, 5) is 12.2. The second-order valence-electron chi connectivity index (χ2n) is 7.49. The minimum atomic E-state index is -3.92. The summed E-state index contributed by atoms with van der Waals surface area (Å²) in [7, 11) is -3.92. The highest BCUT2D eigenvalue weighted by Gasteiger charge is 2.31. The highest BCUT2D eigenvalue weighted by Crippen LogP contribution is 2.20. The zero-order valence-electron chi connectivity index (χ0n) is 16.1. The number of amides is 1. The summed E-state index contributed by atoms with van der Waals surface area (Å²) in [6.07, 6.45) is 7.37. The molecule has 1 aliphatic heterocycles. The number of ether oxygens (including phenoxy) is 1. The molecule has 0 aromatic heterocycles. The van der Waals surface area contributed by atoms with E-state index in [2.05, 4.69) is 10.0 Å². The molecule has 160 valence electrons. The summed E-state index contributed by atoms with van der Waals surface area (Å²) >= 11 is 0. The van der Waals surface area contributed by atoms with Gasteiger partial charge in [-0.25, -0.2) is 17.5 Å². The van der Waals surface area contributed by atoms with Crippen molar-refractivity contribution in [1.29, 1.82) is 0 Å². The molecule has 7 nitrogen and oxygen atoms in total. The van der Waals surface area contributed by atoms with E-state index in [1.807, 2.05) is 0 Å². The monoisotopic (exact) mass is 426 g/mol. The number of nitrogens with one attached hydrogen (secondary N) is 2. The van der Waals surface area contributed by atoms with E-state index in [9.17, 15) is 22.7 Å². The van der Waals surface area contributed by atoms with Crippen molar-refractivity contribution in [3.63, 3.8) is 0 Å². The summed E-state index contributed by atoms with van der Waals surface area (Å²) in [5.74, 6) is -0.652. The minimum Gasteiger partial charge on any atom is -0.394 e. The third-order valence-electron chi connectivity index (χ3n) is 5.24. The van der Waals surface area contributed by atoms with E-state index >= 15 is 0 Å². The first kappa shape index (κ1) is 21.9. The Bertz CT molecular complexity index is 822. The number of benzene rings is 1. The van der Waals surface area contributed by atoms with Gasteiger partial charge in [-0.3, -0.25) is 4.79 Å². The third kappa shape index (κ3) is 6.08. The number of aliphatic hydroxyl groups excluding tert-OH is 1. The normalized spacial score (nSPS) is 25.7. The lowest BCUT2D eigenvalue weighted by atomic mass is 9.95. The van der Waals surface area contributed by atoms with E-state index in [1.54, 1.807) is 12.2 Å². The van der Waals surface area contributed by atoms with Crippen molar-refractivity contribution in [3.05, 3.63) is 42.2 Å². The first-order valence-electron chi connectivity index (χ1n) is 9.89. The van der Waals surface area contributed by atoms with Crippen LogP contribution in [0.4, 0.5) is 4.39 Å². The Morgan fingerprint density at radius 3 is 2.48 bits per heavy atom. The first-order chi connectivity index (χ1) is 13.9. The smallest absolute Gasteiger partial charge is 0.241 e. The maximum atomic E-state index is 13.0. The van der Waals surface area contributed by atoms with Gasteiger partial charge in [-0.15, -0.1) is 0 Å². The molecule has 1 fully saturated rings. The number of aliphatic hydroxyl groups is 1. The fraction of sp³-hybridized carbons (Fsp3) is 0.550. The Morgan fingerprint density at radius 2 is 1.83 bits per heavy atom. The topological polar surface area (TPSA) is 105 Å². The zero-order chi connectivity index (χ0) is 20.9. The van der Waals surface area contributed by atoms with Crippen LogP contribution < -0.4 is 10.0 Å². The third-order valence-corrected chi connectivity index (χ3v) is 6.71. The van der Waals surface area contributed by atoms with Crippen molar-refractivity contribution in [2.24, 2.45) is 0 Å². The molecule has 0 spiro atoms. The van der Waals surface area contributed by atoms with Crippen LogP contribution in [0.1, 0.15) is 38.5 Å². The van der Waals surface area contributed by atoms with E-state index in [4.69, 9.17) is 4.74 Å². The van der Waals surface area contributed by atoms with Crippen LogP contribution in [0.25, 0.3) is 0 Å². The summed E-state index contributed by atoms with van der Waals surface area (Å²) in [5, 5.41) is 12.7. The Kier molecular flexibility index (Phi) is 7.39. The standard InChI is InChI=1S/C20H27FN2O5S/c21-14-6-9-17(10-7-14)29(26,27)23-18-11-8-16(28-19(18)13-24)12-20(25)22-15-4-2-1-3-5-15/h6-11,15-16,18-19,23-24H,1-5,12-13H2,(H,22,25)/t16-,18+,19+/m0/s1. The number of sulfonamides is 1. The van der Waals surface area contributed by atoms with Gasteiger partial charge >= 0.3 is 0 Å². The molecule has 1 heterocycles. The Morgan fingerprint density at radius 1 is 1.14 bits per heavy atom. The van der Waals surface area contributed by atoms with Gasteiger partial charge in [-0.2, -0.15) is 0 Å². The predicted molar refractivity (Wildman–Crippen MR) is 105 cm³/mol. The average Bonchev–Trinajstić information content (AvgIpc) is 2.70. The van der Waals surface area contributed by atoms with E-state index in [1.165, 1.54) is 6.42 Å². The number of hydrogen-bond acceptors (Lipinski definition) is 5. The van der Waals surface area contributed by atoms with Crippen molar-refractivity contribution >= 4 is 15.9 Å². The van der Waals surface area contributed by atoms with E-state index < -0.39 is 40.7 Å². The zero-order valence-corrected chi connectivity index (χ0v) is 16.9. The van der Waals surface area contributed by atoms with Crippen molar-refractivity contribution in [2.75, 3.05) is 6.61 Å².